The number of imidazole rings is 1. The standard InChI is InChI=1S/C19H19N2O2.CNS/c1-20-10-11-21(15-20)12-16-2-4-18(5-3-16)14-23-19-8-6-17(13-22)7-9-19;2-1-3/h2-4,6-11,13-15H,5,12H2,1H3;/q+1;-1. The minimum atomic E-state index is 0.647. The second-order valence-corrected chi connectivity index (χ2v) is 5.84. The van der Waals surface area contributed by atoms with E-state index in [2.05, 4.69) is 47.5 Å². The zero-order valence-corrected chi connectivity index (χ0v) is 15.2. The van der Waals surface area contributed by atoms with Crippen molar-refractivity contribution < 1.29 is 14.1 Å². The van der Waals surface area contributed by atoms with Crippen LogP contribution in [0.1, 0.15) is 16.8 Å². The van der Waals surface area contributed by atoms with Gasteiger partial charge < -0.3 is 10.1 Å². The third-order valence-electron chi connectivity index (χ3n) is 3.66. The lowest BCUT2D eigenvalue weighted by molar-refractivity contribution is -0.671. The number of aldehydes is 1. The lowest BCUT2D eigenvalue weighted by Gasteiger charge is -2.08. The van der Waals surface area contributed by atoms with Gasteiger partial charge in [0.15, 0.2) is 0 Å². The summed E-state index contributed by atoms with van der Waals surface area (Å²) in [5, 5.41) is 8.47. The van der Waals surface area contributed by atoms with E-state index in [1.807, 2.05) is 17.8 Å². The van der Waals surface area contributed by atoms with Crippen LogP contribution in [0.15, 0.2) is 78.6 Å². The number of ether oxygens (including phenoxy) is 1. The zero-order chi connectivity index (χ0) is 18.8. The van der Waals surface area contributed by atoms with Crippen LogP contribution in [-0.4, -0.2) is 16.0 Å². The molecule has 0 saturated carbocycles. The number of hydrogen-bond acceptors (Lipinski definition) is 3. The molecule has 1 aliphatic rings. The summed E-state index contributed by atoms with van der Waals surface area (Å²) < 4.78 is 9.81. The van der Waals surface area contributed by atoms with Crippen LogP contribution in [0.2, 0.25) is 0 Å². The minimum absolute atomic E-state index is 0.647. The summed E-state index contributed by atoms with van der Waals surface area (Å²) in [6.07, 6.45) is 16.0. The Morgan fingerprint density at radius 2 is 2.08 bits per heavy atom. The Labute approximate surface area is 158 Å². The molecule has 5 nitrogen and oxygen atoms in total. The van der Waals surface area contributed by atoms with E-state index in [1.54, 1.807) is 30.5 Å². The fourth-order valence-corrected chi connectivity index (χ4v) is 2.38. The fraction of sp³-hybridized carbons (Fsp3) is 0.150. The Bertz CT molecular complexity index is 871. The first-order valence-corrected chi connectivity index (χ1v) is 8.35. The Morgan fingerprint density at radius 1 is 1.35 bits per heavy atom. The highest BCUT2D eigenvalue weighted by molar-refractivity contribution is 7.78. The van der Waals surface area contributed by atoms with Crippen LogP contribution >= 0.6 is 12.2 Å². The molecule has 26 heavy (non-hydrogen) atoms. The molecular weight excluding hydrogens is 346 g/mol. The van der Waals surface area contributed by atoms with E-state index in [0.717, 1.165) is 30.6 Å². The molecule has 0 atom stereocenters. The summed E-state index contributed by atoms with van der Waals surface area (Å²) in [4.78, 5) is 10.6. The summed E-state index contributed by atoms with van der Waals surface area (Å²) in [6.45, 7) is 0.874. The Balaban J connectivity index is 0.000000758. The Morgan fingerprint density at radius 3 is 2.62 bits per heavy atom. The van der Waals surface area contributed by atoms with Gasteiger partial charge in [-0.15, -0.1) is 0 Å². The number of rotatable bonds is 5. The lowest BCUT2D eigenvalue weighted by atomic mass is 10.0. The summed E-state index contributed by atoms with van der Waals surface area (Å²) in [7, 11) is 2.02. The average molecular weight is 365 g/mol. The first kappa shape index (κ1) is 19.2. The van der Waals surface area contributed by atoms with Gasteiger partial charge in [0.25, 0.3) is 0 Å². The summed E-state index contributed by atoms with van der Waals surface area (Å²) in [5.74, 6) is 0.728. The molecule has 0 unspecified atom stereocenters. The summed E-state index contributed by atoms with van der Waals surface area (Å²) in [6, 6.07) is 7.07. The van der Waals surface area contributed by atoms with Gasteiger partial charge in [0, 0.05) is 5.56 Å². The van der Waals surface area contributed by atoms with Crippen LogP contribution in [0.3, 0.4) is 0 Å². The normalized spacial score (nSPS) is 14.0. The molecule has 1 aliphatic carbocycles. The van der Waals surface area contributed by atoms with Gasteiger partial charge in [0.1, 0.15) is 31.0 Å². The van der Waals surface area contributed by atoms with Crippen molar-refractivity contribution in [3.05, 3.63) is 89.6 Å². The maximum absolute atomic E-state index is 10.6. The second kappa shape index (κ2) is 10.0. The number of aryl methyl sites for hydroxylation is 1. The molecule has 2 aromatic rings. The van der Waals surface area contributed by atoms with E-state index in [-0.39, 0.29) is 0 Å². The predicted octanol–water partition coefficient (Wildman–Crippen LogP) is 3.63. The fourth-order valence-electron chi connectivity index (χ4n) is 2.38. The number of thiocarbonyl (C=S) groups is 1. The van der Waals surface area contributed by atoms with Crippen LogP contribution in [0, 0.1) is 0 Å². The van der Waals surface area contributed by atoms with Gasteiger partial charge in [-0.3, -0.25) is 4.79 Å². The molecule has 0 aliphatic heterocycles. The second-order valence-electron chi connectivity index (χ2n) is 5.66. The highest BCUT2D eigenvalue weighted by Crippen LogP contribution is 2.18. The highest BCUT2D eigenvalue weighted by Gasteiger charge is 2.06. The van der Waals surface area contributed by atoms with Gasteiger partial charge >= 0.3 is 0 Å². The first-order chi connectivity index (χ1) is 12.6. The topological polar surface area (TPSA) is 57.4 Å². The highest BCUT2D eigenvalue weighted by atomic mass is 32.1. The SMILES string of the molecule is C[n+]1ccn(CC2=CCC(=COc3ccc(C=O)cc3)C=C2)c1.[N-]=C=S. The van der Waals surface area contributed by atoms with E-state index in [9.17, 15) is 4.79 Å². The van der Waals surface area contributed by atoms with Crippen LogP contribution < -0.4 is 9.30 Å². The van der Waals surface area contributed by atoms with Crippen molar-refractivity contribution in [3.63, 3.8) is 0 Å². The van der Waals surface area contributed by atoms with E-state index in [0.29, 0.717) is 5.56 Å². The van der Waals surface area contributed by atoms with Gasteiger partial charge in [-0.1, -0.05) is 30.4 Å². The molecule has 0 amide bonds. The Kier molecular flexibility index (Phi) is 7.43. The maximum atomic E-state index is 10.6. The van der Waals surface area contributed by atoms with Crippen molar-refractivity contribution in [2.24, 2.45) is 7.05 Å². The smallest absolute Gasteiger partial charge is 0.243 e. The van der Waals surface area contributed by atoms with Crippen molar-refractivity contribution in [3.8, 4) is 5.75 Å². The number of carbonyl (C=O) groups is 1. The van der Waals surface area contributed by atoms with E-state index in [1.165, 1.54) is 10.7 Å². The number of allylic oxidation sites excluding steroid dienone is 5. The van der Waals surface area contributed by atoms with Crippen molar-refractivity contribution in [2.75, 3.05) is 0 Å². The molecule has 0 fully saturated rings. The number of isothiocyanates is 1. The molecule has 3 rings (SSSR count). The van der Waals surface area contributed by atoms with Crippen LogP contribution in [-0.2, 0) is 13.6 Å². The average Bonchev–Trinajstić information content (AvgIpc) is 3.07. The first-order valence-electron chi connectivity index (χ1n) is 7.95. The molecule has 132 valence electrons. The molecule has 0 spiro atoms. The van der Waals surface area contributed by atoms with Crippen molar-refractivity contribution in [1.82, 2.24) is 4.57 Å². The largest absolute Gasteiger partial charge is 0.753 e. The summed E-state index contributed by atoms with van der Waals surface area (Å²) in [5.41, 5.74) is 3.05. The quantitative estimate of drug-likeness (QED) is 0.267. The predicted molar refractivity (Wildman–Crippen MR) is 104 cm³/mol. The molecule has 6 heteroatoms. The van der Waals surface area contributed by atoms with Gasteiger partial charge in [-0.05, 0) is 41.8 Å². The molecule has 1 aromatic heterocycles. The van der Waals surface area contributed by atoms with E-state index >= 15 is 0 Å². The lowest BCUT2D eigenvalue weighted by Crippen LogP contribution is -2.23. The molecule has 0 radical (unpaired) electrons. The summed E-state index contributed by atoms with van der Waals surface area (Å²) >= 11 is 3.70. The van der Waals surface area contributed by atoms with Crippen molar-refractivity contribution >= 4 is 23.7 Å². The van der Waals surface area contributed by atoms with Crippen LogP contribution in [0.5, 0.6) is 5.75 Å². The number of carbonyl (C=O) groups excluding carboxylic acids is 1. The zero-order valence-electron chi connectivity index (χ0n) is 14.4. The van der Waals surface area contributed by atoms with Crippen LogP contribution in [0.4, 0.5) is 0 Å². The number of hydrogen-bond donors (Lipinski definition) is 0. The number of aromatic nitrogens is 2. The molecular formula is C20H19N3O2S. The van der Waals surface area contributed by atoms with E-state index in [4.69, 9.17) is 10.1 Å². The van der Waals surface area contributed by atoms with Gasteiger partial charge in [0.05, 0.1) is 13.3 Å². The number of nitrogens with zero attached hydrogens (tertiary/aromatic N) is 3. The molecule has 0 saturated heterocycles. The van der Waals surface area contributed by atoms with Crippen molar-refractivity contribution in [1.29, 1.82) is 0 Å². The minimum Gasteiger partial charge on any atom is -0.753 e. The van der Waals surface area contributed by atoms with Gasteiger partial charge in [0.2, 0.25) is 6.33 Å². The van der Waals surface area contributed by atoms with Gasteiger partial charge in [-0.2, -0.15) is 5.16 Å². The molecule has 0 bridgehead atoms. The third-order valence-corrected chi connectivity index (χ3v) is 3.66. The molecule has 1 heterocycles. The molecule has 0 N–H and O–H groups in total. The van der Waals surface area contributed by atoms with Crippen LogP contribution in [0.25, 0.3) is 5.41 Å². The Hall–Kier alpha value is -3.08. The monoisotopic (exact) mass is 365 g/mol. The number of benzene rings is 1. The van der Waals surface area contributed by atoms with E-state index < -0.39 is 0 Å². The van der Waals surface area contributed by atoms with Gasteiger partial charge in [-0.25, -0.2) is 9.13 Å². The maximum Gasteiger partial charge on any atom is 0.243 e. The molecule has 1 aromatic carbocycles. The van der Waals surface area contributed by atoms with Crippen molar-refractivity contribution in [2.45, 2.75) is 13.0 Å². The third kappa shape index (κ3) is 6.09.